The summed E-state index contributed by atoms with van der Waals surface area (Å²) < 4.78 is 5.46. The Balaban J connectivity index is 2.02. The van der Waals surface area contributed by atoms with Gasteiger partial charge < -0.3 is 20.5 Å². The second-order valence-electron chi connectivity index (χ2n) is 5.88. The second kappa shape index (κ2) is 6.40. The minimum atomic E-state index is -0.883. The van der Waals surface area contributed by atoms with E-state index < -0.39 is 5.97 Å². The van der Waals surface area contributed by atoms with Crippen molar-refractivity contribution < 1.29 is 14.6 Å². The third kappa shape index (κ3) is 2.95. The lowest BCUT2D eigenvalue weighted by Gasteiger charge is -2.38. The second-order valence-corrected chi connectivity index (χ2v) is 5.88. The van der Waals surface area contributed by atoms with Crippen LogP contribution < -0.4 is 10.6 Å². The van der Waals surface area contributed by atoms with Crippen molar-refractivity contribution in [2.75, 3.05) is 18.1 Å². The predicted octanol–water partition coefficient (Wildman–Crippen LogP) is 2.51. The van der Waals surface area contributed by atoms with Crippen LogP contribution in [0.3, 0.4) is 0 Å². The Kier molecular flexibility index (Phi) is 4.34. The van der Waals surface area contributed by atoms with Gasteiger partial charge in [-0.2, -0.15) is 0 Å². The van der Waals surface area contributed by atoms with Crippen LogP contribution in [0, 0.1) is 0 Å². The molecule has 0 bridgehead atoms. The van der Waals surface area contributed by atoms with Crippen LogP contribution >= 0.6 is 0 Å². The molecule has 2 aliphatic rings. The zero-order valence-corrected chi connectivity index (χ0v) is 12.6. The molecular formula is C17H22N2O3. The van der Waals surface area contributed by atoms with Gasteiger partial charge in [0.05, 0.1) is 11.4 Å². The maximum Gasteiger partial charge on any atom is 0.335 e. The van der Waals surface area contributed by atoms with Crippen LogP contribution in [0.4, 0.5) is 5.69 Å². The number of aryl methyl sites for hydroxylation is 1. The first-order chi connectivity index (χ1) is 10.7. The van der Waals surface area contributed by atoms with Crippen LogP contribution in [0.2, 0.25) is 0 Å². The van der Waals surface area contributed by atoms with Gasteiger partial charge in [-0.15, -0.1) is 0 Å². The van der Waals surface area contributed by atoms with Crippen molar-refractivity contribution >= 4 is 11.7 Å². The molecule has 1 saturated heterocycles. The van der Waals surface area contributed by atoms with Crippen LogP contribution in [0.25, 0.3) is 0 Å². The smallest absolute Gasteiger partial charge is 0.335 e. The number of anilines is 1. The molecule has 22 heavy (non-hydrogen) atoms. The largest absolute Gasteiger partial charge is 0.478 e. The Morgan fingerprint density at radius 3 is 2.82 bits per heavy atom. The number of nitrogens with zero attached hydrogens (tertiary/aromatic N) is 1. The molecule has 0 spiro atoms. The Hall–Kier alpha value is -2.01. The van der Waals surface area contributed by atoms with E-state index in [1.54, 1.807) is 12.1 Å². The lowest BCUT2D eigenvalue weighted by atomic mass is 9.97. The summed E-state index contributed by atoms with van der Waals surface area (Å²) in [5.74, 6) is -0.109. The first kappa shape index (κ1) is 14.9. The van der Waals surface area contributed by atoms with E-state index in [0.717, 1.165) is 62.4 Å². The van der Waals surface area contributed by atoms with Gasteiger partial charge in [-0.25, -0.2) is 4.79 Å². The highest BCUT2D eigenvalue weighted by atomic mass is 16.5. The van der Waals surface area contributed by atoms with Crippen molar-refractivity contribution in [3.8, 4) is 0 Å². The number of nitrogens with two attached hydrogens (primary N) is 1. The number of allylic oxidation sites excluding steroid dienone is 1. The molecule has 2 aliphatic heterocycles. The van der Waals surface area contributed by atoms with E-state index in [0.29, 0.717) is 11.6 Å². The summed E-state index contributed by atoms with van der Waals surface area (Å²) in [5.41, 5.74) is 8.78. The van der Waals surface area contributed by atoms with Crippen molar-refractivity contribution in [2.45, 2.75) is 38.1 Å². The van der Waals surface area contributed by atoms with E-state index in [1.807, 2.05) is 6.07 Å². The van der Waals surface area contributed by atoms with Crippen LogP contribution in [-0.4, -0.2) is 30.3 Å². The Labute approximate surface area is 130 Å². The summed E-state index contributed by atoms with van der Waals surface area (Å²) in [6.45, 7) is 1.49. The van der Waals surface area contributed by atoms with Crippen LogP contribution in [0.1, 0.15) is 41.6 Å². The van der Waals surface area contributed by atoms with Gasteiger partial charge in [-0.3, -0.25) is 0 Å². The molecule has 0 atom stereocenters. The Morgan fingerprint density at radius 2 is 2.09 bits per heavy atom. The van der Waals surface area contributed by atoms with Crippen LogP contribution in [0.15, 0.2) is 30.1 Å². The van der Waals surface area contributed by atoms with Crippen molar-refractivity contribution in [3.63, 3.8) is 0 Å². The minimum Gasteiger partial charge on any atom is -0.478 e. The van der Waals surface area contributed by atoms with Gasteiger partial charge in [0.2, 0.25) is 0 Å². The normalized spacial score (nSPS) is 19.8. The molecule has 0 radical (unpaired) electrons. The number of benzene rings is 1. The van der Waals surface area contributed by atoms with Crippen molar-refractivity contribution in [1.82, 2.24) is 0 Å². The monoisotopic (exact) mass is 302 g/mol. The first-order valence-electron chi connectivity index (χ1n) is 7.85. The van der Waals surface area contributed by atoms with Gasteiger partial charge >= 0.3 is 5.97 Å². The molecule has 0 aromatic heterocycles. The predicted molar refractivity (Wildman–Crippen MR) is 84.9 cm³/mol. The van der Waals surface area contributed by atoms with Gasteiger partial charge in [0, 0.05) is 24.9 Å². The molecule has 5 nitrogen and oxygen atoms in total. The number of rotatable bonds is 2. The summed E-state index contributed by atoms with van der Waals surface area (Å²) in [7, 11) is 0. The average molecular weight is 302 g/mol. The summed E-state index contributed by atoms with van der Waals surface area (Å²) in [5, 5.41) is 9.21. The molecule has 0 aliphatic carbocycles. The lowest BCUT2D eigenvalue weighted by molar-refractivity contribution is 0.0697. The van der Waals surface area contributed by atoms with Crippen LogP contribution in [-0.2, 0) is 11.2 Å². The maximum absolute atomic E-state index is 11.2. The number of carbonyl (C=O) groups is 1. The van der Waals surface area contributed by atoms with Gasteiger partial charge in [0.15, 0.2) is 0 Å². The van der Waals surface area contributed by atoms with E-state index in [2.05, 4.69) is 11.0 Å². The van der Waals surface area contributed by atoms with Crippen LogP contribution in [0.5, 0.6) is 0 Å². The third-order valence-corrected chi connectivity index (χ3v) is 4.42. The first-order valence-corrected chi connectivity index (χ1v) is 7.85. The quantitative estimate of drug-likeness (QED) is 0.878. The van der Waals surface area contributed by atoms with Crippen molar-refractivity contribution in [3.05, 3.63) is 41.2 Å². The number of ether oxygens (including phenoxy) is 1. The fraction of sp³-hybridized carbons (Fsp3) is 0.471. The molecule has 1 fully saturated rings. The Bertz CT molecular complexity index is 592. The molecular weight excluding hydrogens is 280 g/mol. The lowest BCUT2D eigenvalue weighted by Crippen LogP contribution is -2.42. The zero-order valence-electron chi connectivity index (χ0n) is 12.6. The molecule has 3 rings (SSSR count). The molecule has 0 saturated carbocycles. The van der Waals surface area contributed by atoms with E-state index in [4.69, 9.17) is 10.5 Å². The maximum atomic E-state index is 11.2. The van der Waals surface area contributed by atoms with Gasteiger partial charge in [-0.1, -0.05) is 0 Å². The average Bonchev–Trinajstić information content (AvgIpc) is 2.52. The van der Waals surface area contributed by atoms with Gasteiger partial charge in [0.1, 0.15) is 0 Å². The fourth-order valence-electron chi connectivity index (χ4n) is 3.28. The van der Waals surface area contributed by atoms with Gasteiger partial charge in [-0.05, 0) is 61.9 Å². The molecule has 5 heteroatoms. The number of hydrogen-bond donors (Lipinski definition) is 2. The number of fused-ring (bicyclic) bond motifs is 1. The summed E-state index contributed by atoms with van der Waals surface area (Å²) in [6, 6.07) is 5.68. The zero-order chi connectivity index (χ0) is 15.5. The number of carboxylic acids is 1. The number of carboxylic acid groups (broad SMARTS) is 1. The molecule has 0 amide bonds. The van der Waals surface area contributed by atoms with Crippen molar-refractivity contribution in [1.29, 1.82) is 0 Å². The van der Waals surface area contributed by atoms with E-state index >= 15 is 0 Å². The Morgan fingerprint density at radius 1 is 1.32 bits per heavy atom. The molecule has 1 aromatic rings. The molecule has 2 heterocycles. The number of aromatic carboxylic acids is 1. The molecule has 1 aromatic carbocycles. The summed E-state index contributed by atoms with van der Waals surface area (Å²) >= 11 is 0. The van der Waals surface area contributed by atoms with E-state index in [-0.39, 0.29) is 0 Å². The molecule has 0 unspecified atom stereocenters. The van der Waals surface area contributed by atoms with E-state index in [1.165, 1.54) is 0 Å². The molecule has 118 valence electrons. The fourth-order valence-corrected chi connectivity index (χ4v) is 3.28. The third-order valence-electron chi connectivity index (χ3n) is 4.42. The van der Waals surface area contributed by atoms with Crippen molar-refractivity contribution in [2.24, 2.45) is 5.73 Å². The standard InChI is InChI=1S/C17H22N2O3/c18-16-4-2-1-3-12-11-13(17(20)21)5-6-15(12)19(16)14-7-9-22-10-8-14/h4-6,11,14H,1-3,7-10,18H2,(H,20,21). The minimum absolute atomic E-state index is 0.317. The SMILES string of the molecule is NC1=CCCCc2cc(C(=O)O)ccc2N1C1CCOCC1. The highest BCUT2D eigenvalue weighted by Crippen LogP contribution is 2.32. The topological polar surface area (TPSA) is 75.8 Å². The van der Waals surface area contributed by atoms with Gasteiger partial charge in [0.25, 0.3) is 0 Å². The summed E-state index contributed by atoms with van der Waals surface area (Å²) in [6.07, 6.45) is 6.74. The summed E-state index contributed by atoms with van der Waals surface area (Å²) in [4.78, 5) is 13.4. The van der Waals surface area contributed by atoms with E-state index in [9.17, 15) is 9.90 Å². The number of hydrogen-bond acceptors (Lipinski definition) is 4. The molecule has 3 N–H and O–H groups in total. The highest BCUT2D eigenvalue weighted by Gasteiger charge is 2.26. The highest BCUT2D eigenvalue weighted by molar-refractivity contribution is 5.88.